The van der Waals surface area contributed by atoms with Crippen LogP contribution in [0.5, 0.6) is 0 Å². The first-order chi connectivity index (χ1) is 7.33. The molecule has 2 rings (SSSR count). The van der Waals surface area contributed by atoms with Crippen molar-refractivity contribution in [1.29, 1.82) is 0 Å². The number of hydrogen-bond donors (Lipinski definition) is 1. The lowest BCUT2D eigenvalue weighted by Crippen LogP contribution is -2.08. The molecule has 2 heterocycles. The lowest BCUT2D eigenvalue weighted by Gasteiger charge is -2.15. The number of hydrogen-bond acceptors (Lipinski definition) is 3. The van der Waals surface area contributed by atoms with E-state index in [4.69, 9.17) is 12.2 Å². The lowest BCUT2D eigenvalue weighted by atomic mass is 10.1. The third-order valence-corrected chi connectivity index (χ3v) is 3.62. The summed E-state index contributed by atoms with van der Waals surface area (Å²) in [5.74, 6) is 0. The fourth-order valence-corrected chi connectivity index (χ4v) is 2.74. The second-order valence-electron chi connectivity index (χ2n) is 3.39. The average molecular weight is 239 g/mol. The zero-order chi connectivity index (χ0) is 10.7. The minimum atomic E-state index is 0.334. The second-order valence-corrected chi connectivity index (χ2v) is 4.75. The van der Waals surface area contributed by atoms with Gasteiger partial charge in [-0.15, -0.1) is 11.3 Å². The zero-order valence-corrected chi connectivity index (χ0v) is 10.1. The van der Waals surface area contributed by atoms with Crippen molar-refractivity contribution in [3.05, 3.63) is 33.5 Å². The summed E-state index contributed by atoms with van der Waals surface area (Å²) in [5.41, 5.74) is 0. The Balaban J connectivity index is 2.36. The topological polar surface area (TPSA) is 33.6 Å². The van der Waals surface area contributed by atoms with Crippen LogP contribution in [-0.4, -0.2) is 14.8 Å². The van der Waals surface area contributed by atoms with Crippen LogP contribution in [-0.2, 0) is 0 Å². The molecule has 15 heavy (non-hydrogen) atoms. The van der Waals surface area contributed by atoms with E-state index in [2.05, 4.69) is 34.6 Å². The van der Waals surface area contributed by atoms with E-state index < -0.39 is 0 Å². The van der Waals surface area contributed by atoms with Gasteiger partial charge in [0.25, 0.3) is 0 Å². The van der Waals surface area contributed by atoms with E-state index in [1.807, 2.05) is 4.57 Å². The van der Waals surface area contributed by atoms with E-state index in [9.17, 15) is 0 Å². The van der Waals surface area contributed by atoms with E-state index in [0.717, 1.165) is 12.8 Å². The highest BCUT2D eigenvalue weighted by Gasteiger charge is 2.14. The maximum atomic E-state index is 5.20. The molecule has 5 heteroatoms. The fraction of sp³-hybridized carbons (Fsp3) is 0.400. The van der Waals surface area contributed by atoms with Crippen molar-refractivity contribution in [2.75, 3.05) is 0 Å². The van der Waals surface area contributed by atoms with Crippen LogP contribution in [0.3, 0.4) is 0 Å². The first-order valence-corrected chi connectivity index (χ1v) is 6.26. The minimum Gasteiger partial charge on any atom is -0.298 e. The van der Waals surface area contributed by atoms with Crippen LogP contribution in [0, 0.1) is 4.77 Å². The quantitative estimate of drug-likeness (QED) is 0.830. The summed E-state index contributed by atoms with van der Waals surface area (Å²) in [7, 11) is 0. The molecule has 0 amide bonds. The van der Waals surface area contributed by atoms with Crippen molar-refractivity contribution in [2.45, 2.75) is 25.8 Å². The number of H-pyrrole nitrogens is 1. The Labute approximate surface area is 97.8 Å². The van der Waals surface area contributed by atoms with Crippen molar-refractivity contribution in [2.24, 2.45) is 0 Å². The first-order valence-electron chi connectivity index (χ1n) is 4.98. The Morgan fingerprint density at radius 2 is 2.53 bits per heavy atom. The van der Waals surface area contributed by atoms with Gasteiger partial charge in [-0.3, -0.25) is 9.67 Å². The average Bonchev–Trinajstić information content (AvgIpc) is 2.85. The van der Waals surface area contributed by atoms with Gasteiger partial charge in [0.1, 0.15) is 6.33 Å². The van der Waals surface area contributed by atoms with Crippen molar-refractivity contribution < 1.29 is 0 Å². The number of rotatable bonds is 4. The van der Waals surface area contributed by atoms with Gasteiger partial charge in [0, 0.05) is 4.88 Å². The molecule has 2 aromatic rings. The maximum Gasteiger partial charge on any atom is 0.195 e. The van der Waals surface area contributed by atoms with Crippen molar-refractivity contribution >= 4 is 23.6 Å². The number of aromatic nitrogens is 3. The predicted octanol–water partition coefficient (Wildman–Crippen LogP) is 3.39. The third-order valence-electron chi connectivity index (χ3n) is 2.35. The van der Waals surface area contributed by atoms with Gasteiger partial charge in [-0.1, -0.05) is 19.4 Å². The number of aromatic amines is 1. The summed E-state index contributed by atoms with van der Waals surface area (Å²) in [4.78, 5) is 1.34. The third kappa shape index (κ3) is 2.18. The molecular formula is C10H13N3S2. The Morgan fingerprint density at radius 3 is 3.07 bits per heavy atom. The minimum absolute atomic E-state index is 0.334. The van der Waals surface area contributed by atoms with Crippen molar-refractivity contribution in [3.63, 3.8) is 0 Å². The maximum absolute atomic E-state index is 5.20. The summed E-state index contributed by atoms with van der Waals surface area (Å²) < 4.78 is 2.73. The van der Waals surface area contributed by atoms with Crippen LogP contribution < -0.4 is 0 Å². The molecule has 0 aromatic carbocycles. The van der Waals surface area contributed by atoms with Crippen molar-refractivity contribution in [1.82, 2.24) is 14.8 Å². The molecule has 0 radical (unpaired) electrons. The van der Waals surface area contributed by atoms with Crippen LogP contribution in [0.2, 0.25) is 0 Å². The number of thiophene rings is 1. The second kappa shape index (κ2) is 4.72. The zero-order valence-electron chi connectivity index (χ0n) is 8.51. The van der Waals surface area contributed by atoms with Gasteiger partial charge >= 0.3 is 0 Å². The van der Waals surface area contributed by atoms with E-state index >= 15 is 0 Å². The highest BCUT2D eigenvalue weighted by Crippen LogP contribution is 2.27. The highest BCUT2D eigenvalue weighted by molar-refractivity contribution is 7.71. The molecule has 0 spiro atoms. The molecule has 0 saturated carbocycles. The first kappa shape index (κ1) is 10.6. The Morgan fingerprint density at radius 1 is 1.67 bits per heavy atom. The summed E-state index contributed by atoms with van der Waals surface area (Å²) in [5, 5.41) is 8.87. The van der Waals surface area contributed by atoms with Crippen LogP contribution >= 0.6 is 23.6 Å². The van der Waals surface area contributed by atoms with Gasteiger partial charge in [0.15, 0.2) is 4.77 Å². The molecule has 0 aliphatic heterocycles. The molecule has 0 aliphatic rings. The van der Waals surface area contributed by atoms with E-state index in [1.165, 1.54) is 4.88 Å². The SMILES string of the molecule is CCCC(c1cccs1)n1cn[nH]c1=S. The molecular weight excluding hydrogens is 226 g/mol. The van der Waals surface area contributed by atoms with Crippen LogP contribution in [0.15, 0.2) is 23.8 Å². The Bertz CT molecular complexity index is 455. The molecule has 1 atom stereocenters. The summed E-state index contributed by atoms with van der Waals surface area (Å²) in [6, 6.07) is 4.56. The van der Waals surface area contributed by atoms with Gasteiger partial charge in [-0.2, -0.15) is 5.10 Å². The standard InChI is InChI=1S/C10H13N3S2/c1-2-4-8(9-5-3-6-15-9)13-7-11-12-10(13)14/h3,5-8H,2,4H2,1H3,(H,12,14). The molecule has 0 bridgehead atoms. The van der Waals surface area contributed by atoms with Gasteiger partial charge in [0.05, 0.1) is 6.04 Å². The highest BCUT2D eigenvalue weighted by atomic mass is 32.1. The molecule has 3 nitrogen and oxygen atoms in total. The monoisotopic (exact) mass is 239 g/mol. The molecule has 0 fully saturated rings. The van der Waals surface area contributed by atoms with E-state index in [1.54, 1.807) is 17.7 Å². The molecule has 80 valence electrons. The predicted molar refractivity (Wildman–Crippen MR) is 64.8 cm³/mol. The van der Waals surface area contributed by atoms with E-state index in [-0.39, 0.29) is 0 Å². The molecule has 1 unspecified atom stereocenters. The van der Waals surface area contributed by atoms with Gasteiger partial charge in [-0.25, -0.2) is 0 Å². The summed E-state index contributed by atoms with van der Waals surface area (Å²) in [6.07, 6.45) is 4.01. The van der Waals surface area contributed by atoms with E-state index in [0.29, 0.717) is 10.8 Å². The number of nitrogens with one attached hydrogen (secondary N) is 1. The van der Waals surface area contributed by atoms with Crippen LogP contribution in [0.25, 0.3) is 0 Å². The summed E-state index contributed by atoms with van der Waals surface area (Å²) in [6.45, 7) is 2.18. The van der Waals surface area contributed by atoms with Gasteiger partial charge in [0.2, 0.25) is 0 Å². The Kier molecular flexibility index (Phi) is 3.33. The molecule has 1 N–H and O–H groups in total. The molecule has 0 saturated heterocycles. The fourth-order valence-electron chi connectivity index (χ4n) is 1.65. The van der Waals surface area contributed by atoms with Gasteiger partial charge < -0.3 is 0 Å². The molecule has 2 aromatic heterocycles. The largest absolute Gasteiger partial charge is 0.298 e. The van der Waals surface area contributed by atoms with Crippen molar-refractivity contribution in [3.8, 4) is 0 Å². The molecule has 0 aliphatic carbocycles. The summed E-state index contributed by atoms with van der Waals surface area (Å²) >= 11 is 6.97. The van der Waals surface area contributed by atoms with Crippen LogP contribution in [0.4, 0.5) is 0 Å². The lowest BCUT2D eigenvalue weighted by molar-refractivity contribution is 0.534. The number of nitrogens with zero attached hydrogens (tertiary/aromatic N) is 2. The smallest absolute Gasteiger partial charge is 0.195 e. The van der Waals surface area contributed by atoms with Crippen LogP contribution in [0.1, 0.15) is 30.7 Å². The Hall–Kier alpha value is -0.940. The van der Waals surface area contributed by atoms with Gasteiger partial charge in [-0.05, 0) is 30.1 Å². The normalized spacial score (nSPS) is 12.9.